The molecule has 0 saturated heterocycles. The van der Waals surface area contributed by atoms with Crippen LogP contribution in [0.2, 0.25) is 0 Å². The van der Waals surface area contributed by atoms with Crippen LogP contribution in [0.15, 0.2) is 64.5 Å². The number of hydrogen-bond acceptors (Lipinski definition) is 6. The van der Waals surface area contributed by atoms with Gasteiger partial charge in [-0.2, -0.15) is 0 Å². The number of amides is 1. The van der Waals surface area contributed by atoms with Crippen LogP contribution in [0.4, 0.5) is 0 Å². The Kier molecular flexibility index (Phi) is 7.46. The molecule has 3 aromatic rings. The van der Waals surface area contributed by atoms with E-state index in [-0.39, 0.29) is 30.5 Å². The summed E-state index contributed by atoms with van der Waals surface area (Å²) in [5.41, 5.74) is 1.31. The van der Waals surface area contributed by atoms with Gasteiger partial charge in [-0.25, -0.2) is 4.98 Å². The minimum Gasteiger partial charge on any atom is -0.469 e. The molecule has 1 aromatic heterocycles. The number of ether oxygens (including phenoxy) is 1. The lowest BCUT2D eigenvalue weighted by Gasteiger charge is -2.19. The fraction of sp³-hybridized carbons (Fsp3) is 0.304. The van der Waals surface area contributed by atoms with Crippen LogP contribution in [-0.4, -0.2) is 33.8 Å². The summed E-state index contributed by atoms with van der Waals surface area (Å²) in [4.78, 5) is 42.0. The van der Waals surface area contributed by atoms with E-state index in [1.54, 1.807) is 31.2 Å². The van der Waals surface area contributed by atoms with Gasteiger partial charge in [-0.15, -0.1) is 0 Å². The largest absolute Gasteiger partial charge is 0.469 e. The Morgan fingerprint density at radius 2 is 1.77 bits per heavy atom. The molecule has 7 nitrogen and oxygen atoms in total. The first-order chi connectivity index (χ1) is 14.9. The number of esters is 1. The molecule has 0 unspecified atom stereocenters. The first kappa shape index (κ1) is 22.6. The summed E-state index contributed by atoms with van der Waals surface area (Å²) in [5.74, 6) is -0.582. The van der Waals surface area contributed by atoms with Gasteiger partial charge in [-0.1, -0.05) is 54.2 Å². The topological polar surface area (TPSA) is 90.3 Å². The summed E-state index contributed by atoms with van der Waals surface area (Å²) in [6, 6.07) is 16.6. The maximum absolute atomic E-state index is 13.0. The summed E-state index contributed by atoms with van der Waals surface area (Å²) in [5, 5.41) is 3.36. The number of fused-ring (bicyclic) bond motifs is 1. The fourth-order valence-corrected chi connectivity index (χ4v) is 4.05. The number of benzene rings is 2. The van der Waals surface area contributed by atoms with Gasteiger partial charge in [-0.3, -0.25) is 19.0 Å². The predicted molar refractivity (Wildman–Crippen MR) is 121 cm³/mol. The maximum atomic E-state index is 13.0. The van der Waals surface area contributed by atoms with Crippen LogP contribution in [0.5, 0.6) is 0 Å². The number of nitrogens with one attached hydrogen (secondary N) is 1. The van der Waals surface area contributed by atoms with Crippen molar-refractivity contribution in [3.63, 3.8) is 0 Å². The third-order valence-electron chi connectivity index (χ3n) is 4.90. The van der Waals surface area contributed by atoms with Crippen LogP contribution in [-0.2, 0) is 20.9 Å². The van der Waals surface area contributed by atoms with Gasteiger partial charge < -0.3 is 10.1 Å². The molecule has 0 saturated carbocycles. The smallest absolute Gasteiger partial charge is 0.307 e. The van der Waals surface area contributed by atoms with E-state index in [2.05, 4.69) is 10.3 Å². The molecule has 2 atom stereocenters. The monoisotopic (exact) mass is 439 g/mol. The van der Waals surface area contributed by atoms with E-state index in [0.29, 0.717) is 16.1 Å². The van der Waals surface area contributed by atoms with Crippen molar-refractivity contribution in [1.29, 1.82) is 0 Å². The minimum atomic E-state index is -0.497. The van der Waals surface area contributed by atoms with E-state index in [0.717, 1.165) is 5.56 Å². The highest BCUT2D eigenvalue weighted by molar-refractivity contribution is 8.00. The highest BCUT2D eigenvalue weighted by atomic mass is 32.2. The minimum absolute atomic E-state index is 0.0373. The maximum Gasteiger partial charge on any atom is 0.307 e. The molecule has 2 aromatic carbocycles. The standard InChI is InChI=1S/C23H25N3O4S/c1-15(17-9-5-4-6-10-17)24-21(28)16(2)31-23-25-19-12-8-7-11-18(19)22(29)26(23)14-13-20(27)30-3/h4-12,15-16H,13-14H2,1-3H3,(H,24,28)/t15-,16-/m0/s1. The summed E-state index contributed by atoms with van der Waals surface area (Å²) in [7, 11) is 1.31. The Labute approximate surface area is 184 Å². The molecule has 162 valence electrons. The first-order valence-electron chi connectivity index (χ1n) is 9.99. The Balaban J connectivity index is 1.83. The Bertz CT molecular complexity index is 1130. The lowest BCUT2D eigenvalue weighted by atomic mass is 10.1. The molecule has 31 heavy (non-hydrogen) atoms. The predicted octanol–water partition coefficient (Wildman–Crippen LogP) is 3.32. The molecule has 0 fully saturated rings. The highest BCUT2D eigenvalue weighted by Gasteiger charge is 2.21. The van der Waals surface area contributed by atoms with Crippen molar-refractivity contribution in [1.82, 2.24) is 14.9 Å². The number of para-hydroxylation sites is 1. The van der Waals surface area contributed by atoms with Gasteiger partial charge >= 0.3 is 5.97 Å². The van der Waals surface area contributed by atoms with Crippen molar-refractivity contribution in [2.24, 2.45) is 0 Å². The number of carbonyl (C=O) groups is 2. The van der Waals surface area contributed by atoms with Crippen molar-refractivity contribution >= 4 is 34.5 Å². The van der Waals surface area contributed by atoms with Crippen LogP contribution in [0.25, 0.3) is 10.9 Å². The van der Waals surface area contributed by atoms with Gasteiger partial charge in [0.05, 0.1) is 35.7 Å². The number of thioether (sulfide) groups is 1. The molecular weight excluding hydrogens is 414 g/mol. The van der Waals surface area contributed by atoms with Crippen LogP contribution in [0.3, 0.4) is 0 Å². The molecule has 0 aliphatic carbocycles. The molecular formula is C23H25N3O4S. The van der Waals surface area contributed by atoms with Gasteiger partial charge in [0, 0.05) is 6.54 Å². The van der Waals surface area contributed by atoms with Crippen LogP contribution in [0, 0.1) is 0 Å². The molecule has 8 heteroatoms. The Morgan fingerprint density at radius 1 is 1.10 bits per heavy atom. The zero-order valence-electron chi connectivity index (χ0n) is 17.7. The Hall–Kier alpha value is -3.13. The van der Waals surface area contributed by atoms with Gasteiger partial charge in [0.1, 0.15) is 0 Å². The zero-order chi connectivity index (χ0) is 22.4. The molecule has 0 bridgehead atoms. The average Bonchev–Trinajstić information content (AvgIpc) is 2.79. The quantitative estimate of drug-likeness (QED) is 0.329. The van der Waals surface area contributed by atoms with Gasteiger partial charge in [0.25, 0.3) is 5.56 Å². The third-order valence-corrected chi connectivity index (χ3v) is 5.99. The van der Waals surface area contributed by atoms with Crippen LogP contribution in [0.1, 0.15) is 31.9 Å². The summed E-state index contributed by atoms with van der Waals surface area (Å²) < 4.78 is 6.14. The van der Waals surface area contributed by atoms with E-state index >= 15 is 0 Å². The summed E-state index contributed by atoms with van der Waals surface area (Å²) >= 11 is 1.19. The molecule has 0 spiro atoms. The van der Waals surface area contributed by atoms with E-state index in [1.807, 2.05) is 37.3 Å². The highest BCUT2D eigenvalue weighted by Crippen LogP contribution is 2.24. The van der Waals surface area contributed by atoms with Crippen molar-refractivity contribution in [3.8, 4) is 0 Å². The molecule has 0 radical (unpaired) electrons. The number of rotatable bonds is 8. The van der Waals surface area contributed by atoms with Crippen molar-refractivity contribution < 1.29 is 14.3 Å². The van der Waals surface area contributed by atoms with Gasteiger partial charge in [0.15, 0.2) is 5.16 Å². The third kappa shape index (κ3) is 5.52. The van der Waals surface area contributed by atoms with E-state index in [1.165, 1.54) is 23.4 Å². The number of hydrogen-bond donors (Lipinski definition) is 1. The average molecular weight is 440 g/mol. The number of carbonyl (C=O) groups excluding carboxylic acids is 2. The molecule has 1 amide bonds. The second-order valence-electron chi connectivity index (χ2n) is 7.10. The molecule has 1 heterocycles. The second-order valence-corrected chi connectivity index (χ2v) is 8.40. The van der Waals surface area contributed by atoms with Crippen molar-refractivity contribution in [2.45, 2.75) is 43.3 Å². The number of nitrogens with zero attached hydrogens (tertiary/aromatic N) is 2. The lowest BCUT2D eigenvalue weighted by Crippen LogP contribution is -2.34. The van der Waals surface area contributed by atoms with E-state index in [9.17, 15) is 14.4 Å². The van der Waals surface area contributed by atoms with Crippen molar-refractivity contribution in [3.05, 3.63) is 70.5 Å². The van der Waals surface area contributed by atoms with Gasteiger partial charge in [-0.05, 0) is 31.5 Å². The van der Waals surface area contributed by atoms with E-state index in [4.69, 9.17) is 4.74 Å². The summed E-state index contributed by atoms with van der Waals surface area (Å²) in [6.45, 7) is 3.81. The number of aromatic nitrogens is 2. The van der Waals surface area contributed by atoms with Crippen LogP contribution < -0.4 is 10.9 Å². The summed E-state index contributed by atoms with van der Waals surface area (Å²) in [6.07, 6.45) is 0.0373. The van der Waals surface area contributed by atoms with Gasteiger partial charge in [0.2, 0.25) is 5.91 Å². The molecule has 0 aliphatic heterocycles. The van der Waals surface area contributed by atoms with Crippen molar-refractivity contribution in [2.75, 3.05) is 7.11 Å². The SMILES string of the molecule is COC(=O)CCn1c(S[C@@H](C)C(=O)N[C@@H](C)c2ccccc2)nc2ccccc2c1=O. The fourth-order valence-electron chi connectivity index (χ4n) is 3.11. The lowest BCUT2D eigenvalue weighted by molar-refractivity contribution is -0.140. The number of methoxy groups -OCH3 is 1. The zero-order valence-corrected chi connectivity index (χ0v) is 18.5. The first-order valence-corrected chi connectivity index (χ1v) is 10.9. The normalized spacial score (nSPS) is 12.9. The molecule has 0 aliphatic rings. The Morgan fingerprint density at radius 3 is 2.48 bits per heavy atom. The van der Waals surface area contributed by atoms with E-state index < -0.39 is 11.2 Å². The molecule has 1 N–H and O–H groups in total. The molecule has 3 rings (SSSR count). The van der Waals surface area contributed by atoms with Crippen LogP contribution >= 0.6 is 11.8 Å². The second kappa shape index (κ2) is 10.3.